The lowest BCUT2D eigenvalue weighted by molar-refractivity contribution is -0.367. The molecule has 4 atom stereocenters. The molecule has 0 amide bonds. The SMILES string of the molecule is C#CCCNC1OC(CCN(OCC)OCC)CC(OC(C)=O)C1OC(C)=O. The van der Waals surface area contributed by atoms with Crippen molar-refractivity contribution in [3.63, 3.8) is 0 Å². The molecule has 4 unspecified atom stereocenters. The molecule has 1 heterocycles. The molecule has 0 aromatic rings. The fourth-order valence-electron chi connectivity index (χ4n) is 2.93. The number of hydroxylamine groups is 2. The highest BCUT2D eigenvalue weighted by Crippen LogP contribution is 2.26. The van der Waals surface area contributed by atoms with Crippen LogP contribution in [0.4, 0.5) is 0 Å². The first kappa shape index (κ1) is 24.3. The lowest BCUT2D eigenvalue weighted by Crippen LogP contribution is -2.57. The summed E-state index contributed by atoms with van der Waals surface area (Å²) in [5, 5.41) is 4.56. The van der Waals surface area contributed by atoms with Gasteiger partial charge in [0.2, 0.25) is 0 Å². The molecule has 0 aromatic heterocycles. The number of carbonyl (C=O) groups excluding carboxylic acids is 2. The Kier molecular flexibility index (Phi) is 11.7. The first-order valence-corrected chi connectivity index (χ1v) is 9.61. The molecule has 9 nitrogen and oxygen atoms in total. The smallest absolute Gasteiger partial charge is 0.303 e. The van der Waals surface area contributed by atoms with Crippen LogP contribution in [-0.2, 0) is 33.5 Å². The number of esters is 2. The van der Waals surface area contributed by atoms with E-state index in [4.69, 9.17) is 30.3 Å². The number of terminal acetylenes is 1. The van der Waals surface area contributed by atoms with Gasteiger partial charge in [-0.05, 0) is 20.3 Å². The number of rotatable bonds is 12. The van der Waals surface area contributed by atoms with Crippen molar-refractivity contribution in [2.24, 2.45) is 0 Å². The molecule has 0 spiro atoms. The molecule has 160 valence electrons. The van der Waals surface area contributed by atoms with Gasteiger partial charge in [0.15, 0.2) is 6.10 Å². The molecule has 0 saturated carbocycles. The summed E-state index contributed by atoms with van der Waals surface area (Å²) >= 11 is 0. The van der Waals surface area contributed by atoms with Crippen LogP contribution >= 0.6 is 0 Å². The zero-order valence-corrected chi connectivity index (χ0v) is 17.1. The monoisotopic (exact) mass is 400 g/mol. The summed E-state index contributed by atoms with van der Waals surface area (Å²) < 4.78 is 16.9. The van der Waals surface area contributed by atoms with E-state index >= 15 is 0 Å². The third-order valence-corrected chi connectivity index (χ3v) is 3.91. The average molecular weight is 400 g/mol. The van der Waals surface area contributed by atoms with Crippen molar-refractivity contribution in [3.8, 4) is 12.3 Å². The minimum atomic E-state index is -0.759. The maximum Gasteiger partial charge on any atom is 0.303 e. The van der Waals surface area contributed by atoms with Gasteiger partial charge >= 0.3 is 11.9 Å². The van der Waals surface area contributed by atoms with Crippen molar-refractivity contribution >= 4 is 11.9 Å². The van der Waals surface area contributed by atoms with Gasteiger partial charge in [-0.15, -0.1) is 12.3 Å². The van der Waals surface area contributed by atoms with E-state index in [-0.39, 0.29) is 6.10 Å². The Morgan fingerprint density at radius 1 is 1.18 bits per heavy atom. The van der Waals surface area contributed by atoms with E-state index in [1.54, 1.807) is 0 Å². The van der Waals surface area contributed by atoms with Crippen LogP contribution in [-0.4, -0.2) is 68.0 Å². The summed E-state index contributed by atoms with van der Waals surface area (Å²) in [7, 11) is 0. The number of nitrogens with zero attached hydrogens (tertiary/aromatic N) is 1. The third kappa shape index (κ3) is 8.99. The number of hydrogen-bond donors (Lipinski definition) is 1. The second-order valence-corrected chi connectivity index (χ2v) is 6.23. The Labute approximate surface area is 166 Å². The zero-order chi connectivity index (χ0) is 20.9. The number of nitrogens with one attached hydrogen (secondary N) is 1. The van der Waals surface area contributed by atoms with Crippen LogP contribution in [0.25, 0.3) is 0 Å². The minimum absolute atomic E-state index is 0.261. The van der Waals surface area contributed by atoms with Gasteiger partial charge in [0.05, 0.1) is 25.9 Å². The largest absolute Gasteiger partial charge is 0.458 e. The summed E-state index contributed by atoms with van der Waals surface area (Å²) in [5.74, 6) is 1.61. The lowest BCUT2D eigenvalue weighted by Gasteiger charge is -2.41. The van der Waals surface area contributed by atoms with Gasteiger partial charge in [0, 0.05) is 33.2 Å². The van der Waals surface area contributed by atoms with E-state index in [2.05, 4.69) is 11.2 Å². The van der Waals surface area contributed by atoms with E-state index in [0.717, 1.165) is 0 Å². The summed E-state index contributed by atoms with van der Waals surface area (Å²) in [4.78, 5) is 33.9. The first-order chi connectivity index (χ1) is 13.4. The van der Waals surface area contributed by atoms with Gasteiger partial charge in [-0.3, -0.25) is 24.6 Å². The minimum Gasteiger partial charge on any atom is -0.458 e. The Bertz CT molecular complexity index is 517. The molecule has 1 fully saturated rings. The lowest BCUT2D eigenvalue weighted by atomic mass is 9.98. The Morgan fingerprint density at radius 3 is 2.36 bits per heavy atom. The van der Waals surface area contributed by atoms with Crippen molar-refractivity contribution in [1.82, 2.24) is 10.5 Å². The van der Waals surface area contributed by atoms with Gasteiger partial charge in [0.1, 0.15) is 12.3 Å². The molecule has 9 heteroatoms. The van der Waals surface area contributed by atoms with Gasteiger partial charge in [0.25, 0.3) is 0 Å². The van der Waals surface area contributed by atoms with E-state index in [0.29, 0.717) is 45.6 Å². The molecule has 1 saturated heterocycles. The highest BCUT2D eigenvalue weighted by Gasteiger charge is 2.42. The van der Waals surface area contributed by atoms with Crippen LogP contribution in [0, 0.1) is 12.3 Å². The fraction of sp³-hybridized carbons (Fsp3) is 0.789. The highest BCUT2D eigenvalue weighted by molar-refractivity contribution is 5.67. The maximum absolute atomic E-state index is 11.6. The normalized spacial score (nSPS) is 24.6. The molecular weight excluding hydrogens is 368 g/mol. The van der Waals surface area contributed by atoms with Crippen molar-refractivity contribution in [1.29, 1.82) is 0 Å². The molecule has 0 aliphatic carbocycles. The van der Waals surface area contributed by atoms with E-state index in [1.165, 1.54) is 19.1 Å². The molecule has 0 bridgehead atoms. The summed E-state index contributed by atoms with van der Waals surface area (Å²) in [6.07, 6.45) is 4.44. The quantitative estimate of drug-likeness (QED) is 0.224. The maximum atomic E-state index is 11.6. The number of carbonyl (C=O) groups is 2. The van der Waals surface area contributed by atoms with Crippen LogP contribution in [0.15, 0.2) is 0 Å². The number of ether oxygens (including phenoxy) is 3. The van der Waals surface area contributed by atoms with Crippen LogP contribution in [0.3, 0.4) is 0 Å². The summed E-state index contributed by atoms with van der Waals surface area (Å²) in [5.41, 5.74) is 0. The van der Waals surface area contributed by atoms with Crippen molar-refractivity contribution in [3.05, 3.63) is 0 Å². The Morgan fingerprint density at radius 2 is 1.82 bits per heavy atom. The van der Waals surface area contributed by atoms with Gasteiger partial charge < -0.3 is 14.2 Å². The Hall–Kier alpha value is -1.70. The van der Waals surface area contributed by atoms with Gasteiger partial charge in [-0.2, -0.15) is 0 Å². The van der Waals surface area contributed by atoms with Crippen molar-refractivity contribution < 1.29 is 33.5 Å². The summed E-state index contributed by atoms with van der Waals surface area (Å²) in [6, 6.07) is 0. The van der Waals surface area contributed by atoms with E-state index < -0.39 is 30.4 Å². The van der Waals surface area contributed by atoms with Gasteiger partial charge in [-0.25, -0.2) is 0 Å². The highest BCUT2D eigenvalue weighted by atomic mass is 16.9. The molecular formula is C19H32N2O7. The van der Waals surface area contributed by atoms with Crippen LogP contribution in [0.1, 0.15) is 47.0 Å². The zero-order valence-electron chi connectivity index (χ0n) is 17.1. The molecule has 28 heavy (non-hydrogen) atoms. The molecule has 1 aliphatic heterocycles. The van der Waals surface area contributed by atoms with E-state index in [1.807, 2.05) is 13.8 Å². The van der Waals surface area contributed by atoms with E-state index in [9.17, 15) is 9.59 Å². The second kappa shape index (κ2) is 13.5. The molecule has 0 aromatic carbocycles. The van der Waals surface area contributed by atoms with Crippen molar-refractivity contribution in [2.45, 2.75) is 71.5 Å². The molecule has 1 rings (SSSR count). The third-order valence-electron chi connectivity index (χ3n) is 3.91. The molecule has 0 radical (unpaired) electrons. The van der Waals surface area contributed by atoms with Gasteiger partial charge in [-0.1, -0.05) is 5.23 Å². The molecule has 1 N–H and O–H groups in total. The predicted octanol–water partition coefficient (Wildman–Crippen LogP) is 1.17. The topological polar surface area (TPSA) is 95.6 Å². The van der Waals surface area contributed by atoms with Crippen molar-refractivity contribution in [2.75, 3.05) is 26.3 Å². The number of hydrogen-bond acceptors (Lipinski definition) is 9. The second-order valence-electron chi connectivity index (χ2n) is 6.23. The summed E-state index contributed by atoms with van der Waals surface area (Å²) in [6.45, 7) is 8.26. The van der Waals surface area contributed by atoms with Crippen LogP contribution in [0.2, 0.25) is 0 Å². The molecule has 1 aliphatic rings. The first-order valence-electron chi connectivity index (χ1n) is 9.61. The standard InChI is InChI=1S/C19H32N2O7/c1-6-9-11-20-19-18(27-15(5)23)17(26-14(4)22)13-16(28-19)10-12-21(24-7-2)25-8-3/h1,16-20H,7-13H2,2-5H3. The Balaban J connectivity index is 2.84. The van der Waals surface area contributed by atoms with Crippen LogP contribution < -0.4 is 5.32 Å². The average Bonchev–Trinajstić information content (AvgIpc) is 2.62. The van der Waals surface area contributed by atoms with Crippen LogP contribution in [0.5, 0.6) is 0 Å². The predicted molar refractivity (Wildman–Crippen MR) is 100 cm³/mol. The fourth-order valence-corrected chi connectivity index (χ4v) is 2.93.